The molecule has 1 aliphatic rings. The van der Waals surface area contributed by atoms with Gasteiger partial charge in [0.2, 0.25) is 11.8 Å². The van der Waals surface area contributed by atoms with Gasteiger partial charge in [-0.3, -0.25) is 9.59 Å². The molecule has 1 aliphatic carbocycles. The Bertz CT molecular complexity index is 1680. The molecule has 6 rings (SSSR count). The minimum Gasteiger partial charge on any atom is -0.497 e. The minimum absolute atomic E-state index is 0.0327. The summed E-state index contributed by atoms with van der Waals surface area (Å²) in [6.45, 7) is 0.188. The Kier molecular flexibility index (Phi) is 7.96. The molecular formula is C32H32N6O3S. The number of aromatic nitrogens is 4. The number of thiazole rings is 1. The lowest BCUT2D eigenvalue weighted by molar-refractivity contribution is -0.149. The topological polar surface area (TPSA) is 102 Å². The van der Waals surface area contributed by atoms with Gasteiger partial charge in [0, 0.05) is 16.6 Å². The van der Waals surface area contributed by atoms with Crippen LogP contribution in [0.15, 0.2) is 84.2 Å². The maximum Gasteiger partial charge on any atom is 0.250 e. The number of methoxy groups -OCH3 is 1. The number of nitrogens with zero attached hydrogens (tertiary/aromatic N) is 5. The Labute approximate surface area is 248 Å². The van der Waals surface area contributed by atoms with Gasteiger partial charge in [0.05, 0.1) is 24.9 Å². The number of benzene rings is 3. The molecule has 0 spiro atoms. The van der Waals surface area contributed by atoms with Crippen LogP contribution in [0.5, 0.6) is 5.75 Å². The van der Waals surface area contributed by atoms with Crippen molar-refractivity contribution in [2.45, 2.75) is 50.7 Å². The van der Waals surface area contributed by atoms with Crippen molar-refractivity contribution in [3.63, 3.8) is 0 Å². The van der Waals surface area contributed by atoms with Gasteiger partial charge in [0.1, 0.15) is 28.4 Å². The van der Waals surface area contributed by atoms with Crippen LogP contribution < -0.4 is 10.1 Å². The highest BCUT2D eigenvalue weighted by Crippen LogP contribution is 2.37. The first-order chi connectivity index (χ1) is 20.6. The van der Waals surface area contributed by atoms with E-state index in [1.54, 1.807) is 16.7 Å². The maximum atomic E-state index is 14.3. The molecule has 1 N–H and O–H groups in total. The van der Waals surface area contributed by atoms with E-state index in [0.717, 1.165) is 41.0 Å². The summed E-state index contributed by atoms with van der Waals surface area (Å²) in [6, 6.07) is 24.8. The summed E-state index contributed by atoms with van der Waals surface area (Å²) in [6.07, 6.45) is 3.84. The lowest BCUT2D eigenvalue weighted by Gasteiger charge is -2.44. The highest BCUT2D eigenvalue weighted by molar-refractivity contribution is 7.09. The fourth-order valence-electron chi connectivity index (χ4n) is 5.66. The lowest BCUT2D eigenvalue weighted by atomic mass is 9.79. The van der Waals surface area contributed by atoms with E-state index >= 15 is 0 Å². The van der Waals surface area contributed by atoms with Gasteiger partial charge in [-0.1, -0.05) is 66.9 Å². The van der Waals surface area contributed by atoms with Crippen molar-refractivity contribution in [2.24, 2.45) is 0 Å². The zero-order chi connectivity index (χ0) is 28.9. The Balaban J connectivity index is 1.35. The number of para-hydroxylation sites is 1. The van der Waals surface area contributed by atoms with Crippen LogP contribution >= 0.6 is 11.3 Å². The number of nitrogens with one attached hydrogen (secondary N) is 1. The summed E-state index contributed by atoms with van der Waals surface area (Å²) >= 11 is 1.50. The van der Waals surface area contributed by atoms with Gasteiger partial charge in [0.25, 0.3) is 0 Å². The second-order valence-electron chi connectivity index (χ2n) is 10.5. The SMILES string of the molecule is COc1ccc(NC(=O)C2(N(Cc3nc(-c4ccccc4)cs3)C(=O)Cn3nnc4ccccc43)CCCCC2)cc1. The Morgan fingerprint density at radius 2 is 1.71 bits per heavy atom. The van der Waals surface area contributed by atoms with E-state index in [-0.39, 0.29) is 24.9 Å². The molecule has 214 valence electrons. The molecule has 5 aromatic rings. The molecule has 2 heterocycles. The summed E-state index contributed by atoms with van der Waals surface area (Å²) in [4.78, 5) is 35.2. The van der Waals surface area contributed by atoms with Gasteiger partial charge in [0.15, 0.2) is 0 Å². The maximum absolute atomic E-state index is 14.3. The molecular weight excluding hydrogens is 548 g/mol. The third kappa shape index (κ3) is 5.62. The Morgan fingerprint density at radius 3 is 2.48 bits per heavy atom. The van der Waals surface area contributed by atoms with Crippen molar-refractivity contribution in [2.75, 3.05) is 12.4 Å². The van der Waals surface area contributed by atoms with E-state index in [2.05, 4.69) is 15.6 Å². The van der Waals surface area contributed by atoms with Crippen LogP contribution in [0, 0.1) is 0 Å². The molecule has 1 fully saturated rings. The van der Waals surface area contributed by atoms with E-state index in [1.165, 1.54) is 11.3 Å². The first-order valence-corrected chi connectivity index (χ1v) is 15.0. The van der Waals surface area contributed by atoms with Crippen molar-refractivity contribution in [3.8, 4) is 17.0 Å². The van der Waals surface area contributed by atoms with Crippen LogP contribution in [0.4, 0.5) is 5.69 Å². The van der Waals surface area contributed by atoms with E-state index < -0.39 is 5.54 Å². The second-order valence-corrected chi connectivity index (χ2v) is 11.4. The number of ether oxygens (including phenoxy) is 1. The van der Waals surface area contributed by atoms with Crippen LogP contribution in [0.3, 0.4) is 0 Å². The average Bonchev–Trinajstić information content (AvgIpc) is 3.68. The number of carbonyl (C=O) groups excluding carboxylic acids is 2. The molecule has 0 radical (unpaired) electrons. The first-order valence-electron chi connectivity index (χ1n) is 14.1. The minimum atomic E-state index is -1.04. The van der Waals surface area contributed by atoms with Crippen molar-refractivity contribution in [3.05, 3.63) is 89.3 Å². The van der Waals surface area contributed by atoms with Crippen LogP contribution in [-0.2, 0) is 22.7 Å². The predicted octanol–water partition coefficient (Wildman–Crippen LogP) is 5.93. The molecule has 2 aromatic heterocycles. The van der Waals surface area contributed by atoms with Crippen molar-refractivity contribution in [1.29, 1.82) is 0 Å². The number of amides is 2. The molecule has 1 saturated carbocycles. The Hall–Kier alpha value is -4.57. The molecule has 3 aromatic carbocycles. The molecule has 2 amide bonds. The normalized spacial score (nSPS) is 14.4. The number of hydrogen-bond donors (Lipinski definition) is 1. The standard InChI is InChI=1S/C32H32N6O3S/c1-41-25-16-14-24(15-17-25)33-31(40)32(18-8-3-9-19-32)37(20-29-34-27(22-42-29)23-10-4-2-5-11-23)30(39)21-38-28-13-7-6-12-26(28)35-36-38/h2,4-7,10-17,22H,3,8-9,18-21H2,1H3,(H,33,40). The second kappa shape index (κ2) is 12.1. The van der Waals surface area contributed by atoms with Crippen LogP contribution in [0.2, 0.25) is 0 Å². The summed E-state index contributed by atoms with van der Waals surface area (Å²) in [7, 11) is 1.61. The number of rotatable bonds is 9. The van der Waals surface area contributed by atoms with Gasteiger partial charge >= 0.3 is 0 Å². The largest absolute Gasteiger partial charge is 0.497 e. The van der Waals surface area contributed by atoms with E-state index in [1.807, 2.05) is 84.2 Å². The van der Waals surface area contributed by atoms with E-state index in [9.17, 15) is 9.59 Å². The van der Waals surface area contributed by atoms with E-state index in [4.69, 9.17) is 9.72 Å². The third-order valence-electron chi connectivity index (χ3n) is 7.89. The summed E-state index contributed by atoms with van der Waals surface area (Å²) < 4.78 is 6.89. The summed E-state index contributed by atoms with van der Waals surface area (Å²) in [5, 5.41) is 14.4. The van der Waals surface area contributed by atoms with Crippen molar-refractivity contribution >= 4 is 39.9 Å². The highest BCUT2D eigenvalue weighted by atomic mass is 32.1. The van der Waals surface area contributed by atoms with Crippen molar-refractivity contribution < 1.29 is 14.3 Å². The van der Waals surface area contributed by atoms with Gasteiger partial charge < -0.3 is 15.0 Å². The quantitative estimate of drug-likeness (QED) is 0.232. The zero-order valence-electron chi connectivity index (χ0n) is 23.4. The van der Waals surface area contributed by atoms with Crippen molar-refractivity contribution in [1.82, 2.24) is 24.9 Å². The zero-order valence-corrected chi connectivity index (χ0v) is 24.2. The molecule has 0 unspecified atom stereocenters. The molecule has 0 bridgehead atoms. The number of carbonyl (C=O) groups is 2. The van der Waals surface area contributed by atoms with Gasteiger partial charge in [-0.2, -0.15) is 0 Å². The Morgan fingerprint density at radius 1 is 0.976 bits per heavy atom. The van der Waals surface area contributed by atoms with Gasteiger partial charge in [-0.15, -0.1) is 16.4 Å². The monoisotopic (exact) mass is 580 g/mol. The third-order valence-corrected chi connectivity index (χ3v) is 8.72. The molecule has 0 atom stereocenters. The van der Waals surface area contributed by atoms with Crippen LogP contribution in [-0.4, -0.2) is 49.3 Å². The number of anilines is 1. The smallest absolute Gasteiger partial charge is 0.250 e. The molecule has 42 heavy (non-hydrogen) atoms. The van der Waals surface area contributed by atoms with Crippen LogP contribution in [0.1, 0.15) is 37.1 Å². The summed E-state index contributed by atoms with van der Waals surface area (Å²) in [5.74, 6) is 0.313. The summed E-state index contributed by atoms with van der Waals surface area (Å²) in [5.41, 5.74) is 2.97. The first kappa shape index (κ1) is 27.6. The fraction of sp³-hybridized carbons (Fsp3) is 0.281. The predicted molar refractivity (Wildman–Crippen MR) is 163 cm³/mol. The fourth-order valence-corrected chi connectivity index (χ4v) is 6.46. The number of fused-ring (bicyclic) bond motifs is 1. The molecule has 9 nitrogen and oxygen atoms in total. The molecule has 0 aliphatic heterocycles. The van der Waals surface area contributed by atoms with Gasteiger partial charge in [-0.05, 0) is 49.2 Å². The number of hydrogen-bond acceptors (Lipinski definition) is 7. The van der Waals surface area contributed by atoms with Crippen LogP contribution in [0.25, 0.3) is 22.3 Å². The molecule has 0 saturated heterocycles. The van der Waals surface area contributed by atoms with Gasteiger partial charge in [-0.25, -0.2) is 9.67 Å². The lowest BCUT2D eigenvalue weighted by Crippen LogP contribution is -2.60. The highest BCUT2D eigenvalue weighted by Gasteiger charge is 2.47. The molecule has 10 heteroatoms. The average molecular weight is 581 g/mol. The van der Waals surface area contributed by atoms with E-state index in [0.29, 0.717) is 29.8 Å².